The SMILES string of the molecule is N#CNC1=NC(c2ccc(OC(=O)c3cccc4ccccc34)cc2)c2c(nc(N)c(C#N)c2N)N1. The van der Waals surface area contributed by atoms with Crippen LogP contribution in [0.25, 0.3) is 10.8 Å². The van der Waals surface area contributed by atoms with Crippen molar-refractivity contribution in [2.24, 2.45) is 4.99 Å². The molecule has 1 aromatic heterocycles. The third-order valence-corrected chi connectivity index (χ3v) is 5.77. The molecule has 0 bridgehead atoms. The Morgan fingerprint density at radius 3 is 2.53 bits per heavy atom. The number of benzene rings is 3. The predicted octanol–water partition coefficient (Wildman–Crippen LogP) is 3.43. The fourth-order valence-electron chi connectivity index (χ4n) is 4.11. The van der Waals surface area contributed by atoms with E-state index in [0.717, 1.165) is 10.8 Å². The van der Waals surface area contributed by atoms with Gasteiger partial charge in [0.1, 0.15) is 35.1 Å². The molecule has 2 heterocycles. The average molecular weight is 474 g/mol. The van der Waals surface area contributed by atoms with Gasteiger partial charge in [0.25, 0.3) is 0 Å². The molecule has 3 aromatic carbocycles. The number of fused-ring (bicyclic) bond motifs is 2. The molecule has 0 fully saturated rings. The summed E-state index contributed by atoms with van der Waals surface area (Å²) in [6.45, 7) is 0. The van der Waals surface area contributed by atoms with Gasteiger partial charge in [0.2, 0.25) is 5.96 Å². The van der Waals surface area contributed by atoms with Crippen molar-refractivity contribution in [1.29, 1.82) is 10.5 Å². The van der Waals surface area contributed by atoms with E-state index in [4.69, 9.17) is 21.5 Å². The molecule has 5 rings (SSSR count). The van der Waals surface area contributed by atoms with E-state index in [2.05, 4.69) is 20.6 Å². The highest BCUT2D eigenvalue weighted by molar-refractivity contribution is 6.05. The quantitative estimate of drug-likeness (QED) is 0.150. The number of aliphatic imine (C=N–C) groups is 1. The van der Waals surface area contributed by atoms with Crippen LogP contribution in [0.5, 0.6) is 5.75 Å². The number of anilines is 3. The van der Waals surface area contributed by atoms with Gasteiger partial charge in [-0.05, 0) is 34.5 Å². The van der Waals surface area contributed by atoms with Gasteiger partial charge in [0.15, 0.2) is 6.19 Å². The summed E-state index contributed by atoms with van der Waals surface area (Å²) in [6.07, 6.45) is 1.81. The minimum Gasteiger partial charge on any atom is -0.423 e. The van der Waals surface area contributed by atoms with Crippen molar-refractivity contribution in [3.8, 4) is 18.0 Å². The first-order valence-electron chi connectivity index (χ1n) is 10.8. The zero-order valence-corrected chi connectivity index (χ0v) is 18.7. The Morgan fingerprint density at radius 1 is 1.03 bits per heavy atom. The number of nitrogens with one attached hydrogen (secondary N) is 2. The molecule has 1 unspecified atom stereocenters. The van der Waals surface area contributed by atoms with Crippen molar-refractivity contribution in [1.82, 2.24) is 10.3 Å². The largest absolute Gasteiger partial charge is 0.423 e. The third-order valence-electron chi connectivity index (χ3n) is 5.77. The summed E-state index contributed by atoms with van der Waals surface area (Å²) >= 11 is 0. The summed E-state index contributed by atoms with van der Waals surface area (Å²) in [5, 5.41) is 25.6. The number of carbonyl (C=O) groups excluding carboxylic acids is 1. The monoisotopic (exact) mass is 474 g/mol. The highest BCUT2D eigenvalue weighted by Gasteiger charge is 2.29. The average Bonchev–Trinajstić information content (AvgIpc) is 2.88. The molecule has 36 heavy (non-hydrogen) atoms. The van der Waals surface area contributed by atoms with Crippen LogP contribution in [0.3, 0.4) is 0 Å². The molecule has 0 amide bonds. The normalized spacial score (nSPS) is 13.9. The summed E-state index contributed by atoms with van der Waals surface area (Å²) < 4.78 is 5.62. The first-order chi connectivity index (χ1) is 17.5. The first kappa shape index (κ1) is 22.2. The topological polar surface area (TPSA) is 175 Å². The number of nitrogen functional groups attached to an aromatic ring is 2. The lowest BCUT2D eigenvalue weighted by molar-refractivity contribution is 0.0737. The van der Waals surface area contributed by atoms with E-state index in [0.29, 0.717) is 22.4 Å². The van der Waals surface area contributed by atoms with Crippen LogP contribution in [0.2, 0.25) is 0 Å². The van der Waals surface area contributed by atoms with Crippen LogP contribution in [-0.2, 0) is 0 Å². The number of nitrogens with two attached hydrogens (primary N) is 2. The van der Waals surface area contributed by atoms with Gasteiger partial charge < -0.3 is 21.5 Å². The third kappa shape index (κ3) is 3.85. The highest BCUT2D eigenvalue weighted by atomic mass is 16.5. The van der Waals surface area contributed by atoms with E-state index in [1.54, 1.807) is 30.3 Å². The molecule has 10 nitrogen and oxygen atoms in total. The number of ether oxygens (including phenoxy) is 1. The van der Waals surface area contributed by atoms with Crippen molar-refractivity contribution in [3.05, 3.63) is 89.0 Å². The Labute approximate surface area is 205 Å². The summed E-state index contributed by atoms with van der Waals surface area (Å²) in [6, 6.07) is 21.0. The van der Waals surface area contributed by atoms with Gasteiger partial charge in [-0.1, -0.05) is 48.5 Å². The molecule has 0 saturated carbocycles. The molecule has 174 valence electrons. The molecule has 1 aliphatic heterocycles. The maximum atomic E-state index is 12.9. The lowest BCUT2D eigenvalue weighted by atomic mass is 9.95. The number of hydrogen-bond acceptors (Lipinski definition) is 10. The number of rotatable bonds is 3. The smallest absolute Gasteiger partial charge is 0.344 e. The van der Waals surface area contributed by atoms with Gasteiger partial charge in [-0.2, -0.15) is 10.5 Å². The van der Waals surface area contributed by atoms with Crippen molar-refractivity contribution in [3.63, 3.8) is 0 Å². The number of esters is 1. The summed E-state index contributed by atoms with van der Waals surface area (Å²) in [5.74, 6) is 0.263. The second kappa shape index (κ2) is 8.97. The number of carbonyl (C=O) groups is 1. The van der Waals surface area contributed by atoms with Crippen LogP contribution in [0.4, 0.5) is 17.3 Å². The van der Waals surface area contributed by atoms with Crippen molar-refractivity contribution >= 4 is 40.0 Å². The lowest BCUT2D eigenvalue weighted by Gasteiger charge is -2.26. The van der Waals surface area contributed by atoms with Crippen molar-refractivity contribution < 1.29 is 9.53 Å². The minimum absolute atomic E-state index is 0.0334. The van der Waals surface area contributed by atoms with Crippen LogP contribution in [0, 0.1) is 22.8 Å². The van der Waals surface area contributed by atoms with Gasteiger partial charge in [0.05, 0.1) is 11.3 Å². The van der Waals surface area contributed by atoms with Crippen LogP contribution < -0.4 is 26.8 Å². The molecule has 4 aromatic rings. The zero-order valence-electron chi connectivity index (χ0n) is 18.7. The van der Waals surface area contributed by atoms with Gasteiger partial charge in [-0.15, -0.1) is 0 Å². The summed E-state index contributed by atoms with van der Waals surface area (Å²) in [4.78, 5) is 21.6. The molecule has 1 aliphatic rings. The second-order valence-corrected chi connectivity index (χ2v) is 7.89. The number of aromatic nitrogens is 1. The maximum absolute atomic E-state index is 12.9. The number of nitrogens with zero attached hydrogens (tertiary/aromatic N) is 4. The number of hydrogen-bond donors (Lipinski definition) is 4. The maximum Gasteiger partial charge on any atom is 0.344 e. The standard InChI is InChI=1S/C26H18N8O2/c27-12-19-21(29)20-22(32-26(31-13-28)34-24(20)33-23(19)30)15-8-10-16(11-9-15)36-25(35)18-7-3-5-14-4-1-2-6-17(14)18/h1-11,22H,(H6,29,30,31,32,33,34). The van der Waals surface area contributed by atoms with E-state index < -0.39 is 12.0 Å². The minimum atomic E-state index is -0.694. The van der Waals surface area contributed by atoms with Gasteiger partial charge in [-0.25, -0.2) is 14.8 Å². The Hall–Kier alpha value is -5.61. The number of nitriles is 2. The fourth-order valence-corrected chi connectivity index (χ4v) is 4.11. The second-order valence-electron chi connectivity index (χ2n) is 7.89. The van der Waals surface area contributed by atoms with Crippen LogP contribution in [0.1, 0.15) is 33.1 Å². The molecule has 1 atom stereocenters. The molecule has 6 N–H and O–H groups in total. The van der Waals surface area contributed by atoms with Gasteiger partial charge in [-0.3, -0.25) is 5.32 Å². The van der Waals surface area contributed by atoms with Gasteiger partial charge in [0, 0.05) is 5.56 Å². The predicted molar refractivity (Wildman–Crippen MR) is 135 cm³/mol. The molecule has 0 saturated heterocycles. The lowest BCUT2D eigenvalue weighted by Crippen LogP contribution is -2.32. The Balaban J connectivity index is 1.48. The van der Waals surface area contributed by atoms with E-state index in [1.807, 2.05) is 48.7 Å². The van der Waals surface area contributed by atoms with Crippen LogP contribution in [0.15, 0.2) is 71.7 Å². The molecule has 0 spiro atoms. The Morgan fingerprint density at radius 2 is 1.78 bits per heavy atom. The first-order valence-corrected chi connectivity index (χ1v) is 10.8. The molecule has 0 aliphatic carbocycles. The zero-order chi connectivity index (χ0) is 25.2. The molecule has 10 heteroatoms. The molecular weight excluding hydrogens is 456 g/mol. The Bertz CT molecular complexity index is 1630. The van der Waals surface area contributed by atoms with Crippen molar-refractivity contribution in [2.75, 3.05) is 16.8 Å². The van der Waals surface area contributed by atoms with E-state index in [-0.39, 0.29) is 28.8 Å². The fraction of sp³-hybridized carbons (Fsp3) is 0.0385. The van der Waals surface area contributed by atoms with E-state index in [9.17, 15) is 10.1 Å². The van der Waals surface area contributed by atoms with E-state index >= 15 is 0 Å². The number of pyridine rings is 1. The molecule has 0 radical (unpaired) electrons. The Kier molecular flexibility index (Phi) is 5.53. The van der Waals surface area contributed by atoms with Crippen LogP contribution in [-0.4, -0.2) is 16.9 Å². The summed E-state index contributed by atoms with van der Waals surface area (Å²) in [7, 11) is 0. The van der Waals surface area contributed by atoms with Crippen LogP contribution >= 0.6 is 0 Å². The van der Waals surface area contributed by atoms with E-state index in [1.165, 1.54) is 0 Å². The highest BCUT2D eigenvalue weighted by Crippen LogP contribution is 2.40. The van der Waals surface area contributed by atoms with Gasteiger partial charge >= 0.3 is 5.97 Å². The molecular formula is C26H18N8O2. The van der Waals surface area contributed by atoms with Crippen molar-refractivity contribution in [2.45, 2.75) is 6.04 Å². The number of guanidine groups is 1. The summed E-state index contributed by atoms with van der Waals surface area (Å²) in [5.41, 5.74) is 13.9.